The highest BCUT2D eigenvalue weighted by molar-refractivity contribution is 9.10. The molecule has 1 saturated heterocycles. The zero-order valence-electron chi connectivity index (χ0n) is 12.0. The van der Waals surface area contributed by atoms with Crippen molar-refractivity contribution < 1.29 is 31.1 Å². The van der Waals surface area contributed by atoms with Gasteiger partial charge in [0.25, 0.3) is 0 Å². The quantitative estimate of drug-likeness (QED) is 0.706. The lowest BCUT2D eigenvalue weighted by Crippen LogP contribution is -2.49. The van der Waals surface area contributed by atoms with Crippen LogP contribution in [-0.2, 0) is 0 Å². The molecule has 0 aromatic heterocycles. The van der Waals surface area contributed by atoms with Gasteiger partial charge in [0, 0.05) is 36.2 Å². The molecule has 2 rings (SSSR count). The average molecular weight is 444 g/mol. The normalized spacial score (nSPS) is 18.0. The number of ether oxygens (including phenoxy) is 1. The Labute approximate surface area is 148 Å². The zero-order chi connectivity index (χ0) is 17.3. The molecular formula is C13H14BrClF6N2O. The second-order valence-corrected chi connectivity index (χ2v) is 5.88. The number of benzene rings is 1. The number of nitrogens with one attached hydrogen (secondary N) is 1. The van der Waals surface area contributed by atoms with Crippen LogP contribution in [0, 0.1) is 0 Å². The third-order valence-corrected chi connectivity index (χ3v) is 3.81. The smallest absolute Gasteiger partial charge is 0.405 e. The highest BCUT2D eigenvalue weighted by Gasteiger charge is 2.47. The van der Waals surface area contributed by atoms with Crippen LogP contribution in [0.3, 0.4) is 0 Å². The summed E-state index contributed by atoms with van der Waals surface area (Å²) < 4.78 is 82.1. The van der Waals surface area contributed by atoms with Crippen LogP contribution in [0.5, 0.6) is 5.75 Å². The number of nitrogens with zero attached hydrogens (tertiary/aromatic N) is 1. The highest BCUT2D eigenvalue weighted by Crippen LogP contribution is 2.43. The lowest BCUT2D eigenvalue weighted by Gasteiger charge is -2.36. The maximum absolute atomic E-state index is 13.5. The van der Waals surface area contributed by atoms with Crippen LogP contribution < -0.4 is 10.1 Å². The first kappa shape index (κ1) is 21.3. The molecule has 1 aliphatic rings. The summed E-state index contributed by atoms with van der Waals surface area (Å²) >= 11 is 3.00. The summed E-state index contributed by atoms with van der Waals surface area (Å²) in [4.78, 5) is 1.10. The lowest BCUT2D eigenvalue weighted by atomic mass is 10.0. The van der Waals surface area contributed by atoms with E-state index in [1.807, 2.05) is 0 Å². The summed E-state index contributed by atoms with van der Waals surface area (Å²) in [7, 11) is 0. The summed E-state index contributed by atoms with van der Waals surface area (Å²) in [6.45, 7) is 0.802. The first-order valence-electron chi connectivity index (χ1n) is 6.64. The predicted octanol–water partition coefficient (Wildman–Crippen LogP) is 4.28. The van der Waals surface area contributed by atoms with E-state index in [0.717, 1.165) is 17.0 Å². The summed E-state index contributed by atoms with van der Waals surface area (Å²) in [5, 5.41) is 2.91. The Hall–Kier alpha value is -0.710. The maximum atomic E-state index is 13.5. The molecule has 0 amide bonds. The van der Waals surface area contributed by atoms with Crippen molar-refractivity contribution in [2.75, 3.05) is 26.2 Å². The summed E-state index contributed by atoms with van der Waals surface area (Å²) in [5.74, 6) is -0.846. The number of hydrogen-bond donors (Lipinski definition) is 1. The van der Waals surface area contributed by atoms with E-state index in [0.29, 0.717) is 13.1 Å². The molecule has 0 aliphatic carbocycles. The van der Waals surface area contributed by atoms with Crippen molar-refractivity contribution >= 4 is 28.3 Å². The van der Waals surface area contributed by atoms with Gasteiger partial charge in [-0.25, -0.2) is 0 Å². The van der Waals surface area contributed by atoms with Crippen molar-refractivity contribution in [3.63, 3.8) is 0 Å². The summed E-state index contributed by atoms with van der Waals surface area (Å²) in [5.41, 5.74) is -0.564. The minimum absolute atomic E-state index is 0. The Morgan fingerprint density at radius 3 is 2.17 bits per heavy atom. The Kier molecular flexibility index (Phi) is 7.21. The minimum atomic E-state index is -5.07. The molecule has 1 N–H and O–H groups in total. The van der Waals surface area contributed by atoms with Gasteiger partial charge in [-0.3, -0.25) is 4.90 Å². The van der Waals surface area contributed by atoms with Crippen molar-refractivity contribution in [1.29, 1.82) is 0 Å². The largest absolute Gasteiger partial charge is 0.573 e. The van der Waals surface area contributed by atoms with E-state index in [1.54, 1.807) is 0 Å². The van der Waals surface area contributed by atoms with E-state index >= 15 is 0 Å². The van der Waals surface area contributed by atoms with Crippen LogP contribution in [0.15, 0.2) is 22.7 Å². The number of halogens is 8. The molecular weight excluding hydrogens is 430 g/mol. The molecule has 0 spiro atoms. The van der Waals surface area contributed by atoms with Crippen LogP contribution in [-0.4, -0.2) is 43.6 Å². The third kappa shape index (κ3) is 5.68. The molecule has 1 atom stereocenters. The van der Waals surface area contributed by atoms with E-state index in [9.17, 15) is 26.3 Å². The second-order valence-electron chi connectivity index (χ2n) is 4.96. The van der Waals surface area contributed by atoms with Crippen molar-refractivity contribution in [1.82, 2.24) is 10.2 Å². The molecule has 0 radical (unpaired) electrons. The minimum Gasteiger partial charge on any atom is -0.405 e. The summed E-state index contributed by atoms with van der Waals surface area (Å²) in [6, 6.07) is 0.935. The van der Waals surface area contributed by atoms with Crippen LogP contribution in [0.4, 0.5) is 26.3 Å². The molecule has 0 bridgehead atoms. The average Bonchev–Trinajstić information content (AvgIpc) is 2.40. The Balaban J connectivity index is 0.00000288. The van der Waals surface area contributed by atoms with Crippen LogP contribution in [0.1, 0.15) is 11.6 Å². The first-order valence-corrected chi connectivity index (χ1v) is 7.44. The Bertz CT molecular complexity index is 548. The molecule has 24 heavy (non-hydrogen) atoms. The van der Waals surface area contributed by atoms with Crippen molar-refractivity contribution in [2.24, 2.45) is 0 Å². The molecule has 0 unspecified atom stereocenters. The molecule has 1 aromatic carbocycles. The van der Waals surface area contributed by atoms with Crippen molar-refractivity contribution in [3.8, 4) is 5.75 Å². The van der Waals surface area contributed by atoms with Gasteiger partial charge in [0.1, 0.15) is 11.8 Å². The molecule has 138 valence electrons. The zero-order valence-corrected chi connectivity index (χ0v) is 14.4. The van der Waals surface area contributed by atoms with E-state index in [2.05, 4.69) is 26.0 Å². The van der Waals surface area contributed by atoms with Gasteiger partial charge in [0.05, 0.1) is 0 Å². The maximum Gasteiger partial charge on any atom is 0.573 e. The van der Waals surface area contributed by atoms with E-state index in [4.69, 9.17) is 0 Å². The van der Waals surface area contributed by atoms with Crippen LogP contribution in [0.2, 0.25) is 0 Å². The monoisotopic (exact) mass is 442 g/mol. The van der Waals surface area contributed by atoms with Gasteiger partial charge in [-0.1, -0.05) is 15.9 Å². The van der Waals surface area contributed by atoms with Gasteiger partial charge >= 0.3 is 12.5 Å². The lowest BCUT2D eigenvalue weighted by molar-refractivity contribution is -0.275. The van der Waals surface area contributed by atoms with Gasteiger partial charge in [-0.2, -0.15) is 13.2 Å². The number of piperazine rings is 1. The van der Waals surface area contributed by atoms with E-state index in [-0.39, 0.29) is 30.0 Å². The number of alkyl halides is 6. The standard InChI is InChI=1S/C13H13BrF6N2O.ClH/c14-8-1-2-10(23-13(18,19)20)9(7-8)11(12(15,16)17)22-5-3-21-4-6-22;/h1-2,7,11,21H,3-6H2;1H/t11-;/m0./s1. The Morgan fingerprint density at radius 2 is 1.67 bits per heavy atom. The molecule has 3 nitrogen and oxygen atoms in total. The fourth-order valence-electron chi connectivity index (χ4n) is 2.47. The van der Waals surface area contributed by atoms with Gasteiger partial charge in [-0.05, 0) is 18.2 Å². The predicted molar refractivity (Wildman–Crippen MR) is 81.3 cm³/mol. The highest BCUT2D eigenvalue weighted by atomic mass is 79.9. The molecule has 0 saturated carbocycles. The molecule has 1 fully saturated rings. The molecule has 11 heteroatoms. The van der Waals surface area contributed by atoms with Crippen molar-refractivity contribution in [2.45, 2.75) is 18.6 Å². The second kappa shape index (κ2) is 8.11. The fourth-order valence-corrected chi connectivity index (χ4v) is 2.85. The number of hydrogen-bond acceptors (Lipinski definition) is 3. The van der Waals surface area contributed by atoms with E-state index in [1.165, 1.54) is 6.07 Å². The van der Waals surface area contributed by atoms with Gasteiger partial charge in [-0.15, -0.1) is 25.6 Å². The Morgan fingerprint density at radius 1 is 1.08 bits per heavy atom. The van der Waals surface area contributed by atoms with Gasteiger partial charge in [0.2, 0.25) is 0 Å². The van der Waals surface area contributed by atoms with Gasteiger partial charge in [0.15, 0.2) is 0 Å². The fraction of sp³-hybridized carbons (Fsp3) is 0.538. The third-order valence-electron chi connectivity index (χ3n) is 3.32. The summed E-state index contributed by atoms with van der Waals surface area (Å²) in [6.07, 6.45) is -9.80. The SMILES string of the molecule is Cl.FC(F)(F)Oc1ccc(Br)cc1[C@H](N1CCNCC1)C(F)(F)F. The van der Waals surface area contributed by atoms with Crippen molar-refractivity contribution in [3.05, 3.63) is 28.2 Å². The topological polar surface area (TPSA) is 24.5 Å². The van der Waals surface area contributed by atoms with Gasteiger partial charge < -0.3 is 10.1 Å². The van der Waals surface area contributed by atoms with Crippen LogP contribution >= 0.6 is 28.3 Å². The first-order chi connectivity index (χ1) is 10.6. The molecule has 1 aromatic rings. The van der Waals surface area contributed by atoms with Crippen LogP contribution in [0.25, 0.3) is 0 Å². The van der Waals surface area contributed by atoms with E-state index < -0.39 is 29.9 Å². The molecule has 1 heterocycles. The number of rotatable bonds is 3. The molecule has 1 aliphatic heterocycles.